The van der Waals surface area contributed by atoms with Gasteiger partial charge in [-0.1, -0.05) is 13.8 Å². The first-order valence-electron chi connectivity index (χ1n) is 6.88. The Labute approximate surface area is 115 Å². The number of carboxylic acids is 1. The van der Waals surface area contributed by atoms with Gasteiger partial charge in [0.1, 0.15) is 6.54 Å². The zero-order chi connectivity index (χ0) is 14.5. The molecule has 0 unspecified atom stereocenters. The normalized spacial score (nSPS) is 16.2. The first-order valence-corrected chi connectivity index (χ1v) is 8.28. The van der Waals surface area contributed by atoms with Gasteiger partial charge in [0.2, 0.25) is 0 Å². The van der Waals surface area contributed by atoms with Gasteiger partial charge in [0, 0.05) is 19.6 Å². The van der Waals surface area contributed by atoms with Gasteiger partial charge < -0.3 is 5.11 Å². The maximum Gasteiger partial charge on any atom is 0.318 e. The topological polar surface area (TPSA) is 77.9 Å². The fraction of sp³-hybridized carbons (Fsp3) is 0.917. The van der Waals surface area contributed by atoms with Gasteiger partial charge in [-0.05, 0) is 31.6 Å². The third kappa shape index (κ3) is 5.08. The molecule has 0 spiro atoms. The van der Waals surface area contributed by atoms with Gasteiger partial charge in [-0.15, -0.1) is 0 Å². The Hall–Kier alpha value is -0.660. The van der Waals surface area contributed by atoms with Gasteiger partial charge in [0.25, 0.3) is 10.2 Å². The van der Waals surface area contributed by atoms with Crippen LogP contribution in [0, 0.1) is 5.92 Å². The van der Waals surface area contributed by atoms with Crippen LogP contribution in [-0.4, -0.2) is 54.3 Å². The van der Waals surface area contributed by atoms with E-state index >= 15 is 0 Å². The molecule has 19 heavy (non-hydrogen) atoms. The monoisotopic (exact) mass is 292 g/mol. The van der Waals surface area contributed by atoms with E-state index in [1.165, 1.54) is 4.31 Å². The summed E-state index contributed by atoms with van der Waals surface area (Å²) in [6.07, 6.45) is 3.44. The van der Waals surface area contributed by atoms with E-state index in [1.807, 2.05) is 13.8 Å². The molecule has 0 saturated heterocycles. The van der Waals surface area contributed by atoms with Crippen LogP contribution in [0.25, 0.3) is 0 Å². The highest BCUT2D eigenvalue weighted by molar-refractivity contribution is 7.86. The van der Waals surface area contributed by atoms with Crippen LogP contribution in [-0.2, 0) is 15.0 Å². The Morgan fingerprint density at radius 2 is 1.68 bits per heavy atom. The largest absolute Gasteiger partial charge is 0.480 e. The van der Waals surface area contributed by atoms with E-state index in [4.69, 9.17) is 5.11 Å². The Kier molecular flexibility index (Phi) is 6.22. The van der Waals surface area contributed by atoms with E-state index in [2.05, 4.69) is 0 Å². The molecule has 1 fully saturated rings. The molecule has 0 aromatic rings. The van der Waals surface area contributed by atoms with Crippen LogP contribution < -0.4 is 0 Å². The van der Waals surface area contributed by atoms with Crippen molar-refractivity contribution >= 4 is 16.2 Å². The van der Waals surface area contributed by atoms with Crippen LogP contribution >= 0.6 is 0 Å². The molecular weight excluding hydrogens is 268 g/mol. The number of hydrogen-bond donors (Lipinski definition) is 1. The van der Waals surface area contributed by atoms with Crippen LogP contribution in [0.4, 0.5) is 0 Å². The number of aliphatic carboxylic acids is 1. The lowest BCUT2D eigenvalue weighted by atomic mass is 10.4. The van der Waals surface area contributed by atoms with Crippen molar-refractivity contribution in [2.24, 2.45) is 5.92 Å². The summed E-state index contributed by atoms with van der Waals surface area (Å²) < 4.78 is 27.5. The Morgan fingerprint density at radius 3 is 2.05 bits per heavy atom. The van der Waals surface area contributed by atoms with Gasteiger partial charge >= 0.3 is 5.97 Å². The van der Waals surface area contributed by atoms with E-state index in [9.17, 15) is 13.2 Å². The summed E-state index contributed by atoms with van der Waals surface area (Å²) in [5.41, 5.74) is 0. The molecule has 7 heteroatoms. The lowest BCUT2D eigenvalue weighted by molar-refractivity contribution is -0.137. The van der Waals surface area contributed by atoms with Crippen molar-refractivity contribution in [3.05, 3.63) is 0 Å². The van der Waals surface area contributed by atoms with Gasteiger partial charge in [-0.3, -0.25) is 4.79 Å². The van der Waals surface area contributed by atoms with Crippen molar-refractivity contribution in [1.82, 2.24) is 8.61 Å². The molecule has 1 rings (SSSR count). The molecule has 0 heterocycles. The second kappa shape index (κ2) is 7.21. The molecule has 1 saturated carbocycles. The van der Waals surface area contributed by atoms with Crippen LogP contribution in [0.1, 0.15) is 39.5 Å². The second-order valence-corrected chi connectivity index (χ2v) is 6.96. The minimum atomic E-state index is -3.65. The highest BCUT2D eigenvalue weighted by Crippen LogP contribution is 2.31. The number of rotatable bonds is 10. The molecule has 6 nitrogen and oxygen atoms in total. The van der Waals surface area contributed by atoms with Crippen molar-refractivity contribution in [3.8, 4) is 0 Å². The molecule has 0 aromatic carbocycles. The van der Waals surface area contributed by atoms with Crippen molar-refractivity contribution < 1.29 is 18.3 Å². The molecule has 1 N–H and O–H groups in total. The lowest BCUT2D eigenvalue weighted by Gasteiger charge is -2.28. The summed E-state index contributed by atoms with van der Waals surface area (Å²) in [4.78, 5) is 10.9. The summed E-state index contributed by atoms with van der Waals surface area (Å²) in [5.74, 6) is -0.767. The molecule has 0 bridgehead atoms. The molecular formula is C12H24N2O4S. The van der Waals surface area contributed by atoms with E-state index in [-0.39, 0.29) is 0 Å². The number of carboxylic acid groups (broad SMARTS) is 1. The Balaban J connectivity index is 2.83. The molecule has 1 aliphatic carbocycles. The lowest BCUT2D eigenvalue weighted by Crippen LogP contribution is -2.47. The number of hydrogen-bond acceptors (Lipinski definition) is 3. The summed E-state index contributed by atoms with van der Waals surface area (Å²) in [7, 11) is -3.65. The summed E-state index contributed by atoms with van der Waals surface area (Å²) in [6, 6.07) is 0. The van der Waals surface area contributed by atoms with Crippen molar-refractivity contribution in [1.29, 1.82) is 0 Å². The van der Waals surface area contributed by atoms with E-state index in [1.54, 1.807) is 0 Å². The average molecular weight is 292 g/mol. The number of nitrogens with zero attached hydrogens (tertiary/aromatic N) is 2. The van der Waals surface area contributed by atoms with Gasteiger partial charge in [-0.25, -0.2) is 0 Å². The van der Waals surface area contributed by atoms with E-state index in [0.717, 1.165) is 30.0 Å². The zero-order valence-corrected chi connectivity index (χ0v) is 12.5. The first-order chi connectivity index (χ1) is 8.91. The number of carbonyl (C=O) groups is 1. The zero-order valence-electron chi connectivity index (χ0n) is 11.7. The quantitative estimate of drug-likeness (QED) is 0.655. The van der Waals surface area contributed by atoms with Gasteiger partial charge in [0.15, 0.2) is 0 Å². The molecule has 0 aromatic heterocycles. The van der Waals surface area contributed by atoms with Gasteiger partial charge in [0.05, 0.1) is 0 Å². The molecule has 1 aliphatic rings. The molecule has 0 aliphatic heterocycles. The maximum absolute atomic E-state index is 12.5. The SMILES string of the molecule is CCCN(CCC)S(=O)(=O)N(CC(=O)O)CC1CC1. The minimum absolute atomic E-state index is 0.332. The fourth-order valence-electron chi connectivity index (χ4n) is 1.98. The third-order valence-electron chi connectivity index (χ3n) is 3.07. The highest BCUT2D eigenvalue weighted by Gasteiger charge is 2.35. The van der Waals surface area contributed by atoms with Crippen LogP contribution in [0.15, 0.2) is 0 Å². The van der Waals surface area contributed by atoms with E-state index < -0.39 is 22.7 Å². The minimum Gasteiger partial charge on any atom is -0.480 e. The predicted octanol–water partition coefficient (Wildman–Crippen LogP) is 1.15. The van der Waals surface area contributed by atoms with E-state index in [0.29, 0.717) is 25.6 Å². The van der Waals surface area contributed by atoms with Crippen LogP contribution in [0.3, 0.4) is 0 Å². The smallest absolute Gasteiger partial charge is 0.318 e. The fourth-order valence-corrected chi connectivity index (χ4v) is 3.81. The second-order valence-electron chi connectivity index (χ2n) is 5.04. The maximum atomic E-state index is 12.5. The van der Waals surface area contributed by atoms with Crippen molar-refractivity contribution in [3.63, 3.8) is 0 Å². The van der Waals surface area contributed by atoms with Crippen LogP contribution in [0.2, 0.25) is 0 Å². The predicted molar refractivity (Wildman–Crippen MR) is 73.0 cm³/mol. The van der Waals surface area contributed by atoms with Crippen molar-refractivity contribution in [2.45, 2.75) is 39.5 Å². The standard InChI is InChI=1S/C12H24N2O4S/c1-3-7-13(8-4-2)19(17,18)14(10-12(15)16)9-11-5-6-11/h11H,3-10H2,1-2H3,(H,15,16). The average Bonchev–Trinajstić information content (AvgIpc) is 3.11. The van der Waals surface area contributed by atoms with Crippen LogP contribution in [0.5, 0.6) is 0 Å². The molecule has 112 valence electrons. The summed E-state index contributed by atoms with van der Waals surface area (Å²) in [5, 5.41) is 8.90. The first kappa shape index (κ1) is 16.4. The van der Waals surface area contributed by atoms with Gasteiger partial charge in [-0.2, -0.15) is 17.0 Å². The highest BCUT2D eigenvalue weighted by atomic mass is 32.2. The third-order valence-corrected chi connectivity index (χ3v) is 5.02. The van der Waals surface area contributed by atoms with Crippen molar-refractivity contribution in [2.75, 3.05) is 26.2 Å². The Bertz CT molecular complexity index is 387. The molecule has 0 amide bonds. The summed E-state index contributed by atoms with van der Waals surface area (Å²) >= 11 is 0. The molecule has 0 radical (unpaired) electrons. The summed E-state index contributed by atoms with van der Waals surface area (Å²) in [6.45, 7) is 4.61. The Morgan fingerprint density at radius 1 is 1.16 bits per heavy atom. The molecule has 0 atom stereocenters.